The highest BCUT2D eigenvalue weighted by Crippen LogP contribution is 2.39. The number of hydrogen-bond donors (Lipinski definition) is 2. The first-order chi connectivity index (χ1) is 20.7. The second kappa shape index (κ2) is 15.4. The van der Waals surface area contributed by atoms with E-state index >= 15 is 0 Å². The zero-order valence-corrected chi connectivity index (χ0v) is 28.6. The van der Waals surface area contributed by atoms with Crippen LogP contribution in [0, 0.1) is 11.8 Å². The Labute approximate surface area is 266 Å². The van der Waals surface area contributed by atoms with E-state index in [1.165, 1.54) is 34.4 Å². The average Bonchev–Trinajstić information content (AvgIpc) is 3.36. The van der Waals surface area contributed by atoms with E-state index in [-0.39, 0.29) is 65.8 Å². The van der Waals surface area contributed by atoms with E-state index in [9.17, 15) is 19.2 Å². The number of rotatable bonds is 6. The molecule has 0 saturated carbocycles. The first-order valence-corrected chi connectivity index (χ1v) is 17.8. The van der Waals surface area contributed by atoms with Gasteiger partial charge in [-0.15, -0.1) is 0 Å². The molecule has 2 amide bonds. The van der Waals surface area contributed by atoms with Crippen LogP contribution in [0.5, 0.6) is 0 Å². The molecule has 0 aromatic heterocycles. The second-order valence-electron chi connectivity index (χ2n) is 13.1. The van der Waals surface area contributed by atoms with Gasteiger partial charge in [0.2, 0.25) is 11.8 Å². The van der Waals surface area contributed by atoms with Crippen LogP contribution < -0.4 is 0 Å². The SMILES string of the molecule is C=C1[C@H](CO)O[C@H](N2C=CC(=O)CC2=O)[C@H]1C.C=C1[C@H](CO[Si](C)(C)C(C)(C)C)O[C@H](N2C=CC(=O)CC2=O)[C@H]1C.CC(=O)O. The summed E-state index contributed by atoms with van der Waals surface area (Å²) >= 11 is 0. The number of amides is 2. The van der Waals surface area contributed by atoms with Crippen molar-refractivity contribution in [1.82, 2.24) is 9.80 Å². The van der Waals surface area contributed by atoms with Gasteiger partial charge in [0.25, 0.3) is 5.97 Å². The Morgan fingerprint density at radius 2 is 1.29 bits per heavy atom. The lowest BCUT2D eigenvalue weighted by Gasteiger charge is -2.37. The number of nitrogens with zero attached hydrogens (tertiary/aromatic N) is 2. The van der Waals surface area contributed by atoms with Crippen molar-refractivity contribution in [3.63, 3.8) is 0 Å². The van der Waals surface area contributed by atoms with E-state index in [0.717, 1.165) is 18.1 Å². The zero-order chi connectivity index (χ0) is 34.4. The number of hydrogen-bond acceptors (Lipinski definition) is 9. The largest absolute Gasteiger partial charge is 0.481 e. The van der Waals surface area contributed by atoms with E-state index < -0.39 is 32.8 Å². The molecule has 13 heteroatoms. The molecular weight excluding hydrogens is 600 g/mol. The molecule has 2 saturated heterocycles. The predicted molar refractivity (Wildman–Crippen MR) is 169 cm³/mol. The Hall–Kier alpha value is -3.23. The molecule has 12 nitrogen and oxygen atoms in total. The fourth-order valence-electron chi connectivity index (χ4n) is 4.67. The minimum Gasteiger partial charge on any atom is -0.481 e. The van der Waals surface area contributed by atoms with Gasteiger partial charge in [-0.1, -0.05) is 47.8 Å². The lowest BCUT2D eigenvalue weighted by Crippen LogP contribution is -2.44. The van der Waals surface area contributed by atoms with Crippen molar-refractivity contribution in [3.05, 3.63) is 48.9 Å². The van der Waals surface area contributed by atoms with E-state index in [2.05, 4.69) is 47.0 Å². The van der Waals surface area contributed by atoms with Gasteiger partial charge in [-0.05, 0) is 41.4 Å². The molecule has 0 aliphatic carbocycles. The topological polar surface area (TPSA) is 160 Å². The molecule has 6 atom stereocenters. The van der Waals surface area contributed by atoms with Crippen molar-refractivity contribution in [2.45, 2.75) is 97.2 Å². The number of aliphatic hydroxyl groups excluding tert-OH is 1. The molecule has 2 N–H and O–H groups in total. The third kappa shape index (κ3) is 9.63. The number of carbonyl (C=O) groups excluding carboxylic acids is 4. The Morgan fingerprint density at radius 3 is 1.62 bits per heavy atom. The van der Waals surface area contributed by atoms with Crippen LogP contribution in [0.3, 0.4) is 0 Å². The van der Waals surface area contributed by atoms with Crippen LogP contribution in [-0.4, -0.2) is 95.6 Å². The maximum atomic E-state index is 12.1. The minimum absolute atomic E-state index is 0.000169. The summed E-state index contributed by atoms with van der Waals surface area (Å²) in [6, 6.07) is 0. The predicted octanol–water partition coefficient (Wildman–Crippen LogP) is 3.54. The van der Waals surface area contributed by atoms with Gasteiger partial charge in [-0.3, -0.25) is 33.8 Å². The molecule has 45 heavy (non-hydrogen) atoms. The van der Waals surface area contributed by atoms with Gasteiger partial charge in [0.15, 0.2) is 19.9 Å². The Kier molecular flexibility index (Phi) is 13.0. The fourth-order valence-corrected chi connectivity index (χ4v) is 5.67. The van der Waals surface area contributed by atoms with Crippen LogP contribution in [0.15, 0.2) is 48.9 Å². The number of carboxylic acid groups (broad SMARTS) is 1. The third-order valence-electron chi connectivity index (χ3n) is 8.64. The van der Waals surface area contributed by atoms with E-state index in [4.69, 9.17) is 28.9 Å². The standard InChI is InChI=1S/C18H29NO4Si.C12H15NO4.C2H4O2/c1-12-13(2)17(19-9-8-14(20)10-16(19)21)23-15(12)11-22-24(6,7)18(3,4)5;1-7-8(2)12(17-10(7)6-14)13-4-3-9(15)5-11(13)16;1-2(3)4/h8-9,13,15,17H,1,10-11H2,2-7H3;3-4,8,10,12,14H,1,5-6H2,2H3;1H3,(H,3,4)/t13-,15-,17-;8-,10-,12-;/m00./s1. The average molecular weight is 649 g/mol. The van der Waals surface area contributed by atoms with Crippen LogP contribution in [0.4, 0.5) is 0 Å². The van der Waals surface area contributed by atoms with Gasteiger partial charge < -0.3 is 24.1 Å². The maximum absolute atomic E-state index is 12.1. The molecule has 4 rings (SSSR count). The van der Waals surface area contributed by atoms with Crippen molar-refractivity contribution >= 4 is 37.7 Å². The summed E-state index contributed by atoms with van der Waals surface area (Å²) in [5.74, 6) is -1.76. The number of ether oxygens (including phenoxy) is 2. The lowest BCUT2D eigenvalue weighted by molar-refractivity contribution is -0.146. The quantitative estimate of drug-likeness (QED) is 0.248. The Bertz CT molecular complexity index is 1250. The maximum Gasteiger partial charge on any atom is 0.300 e. The summed E-state index contributed by atoms with van der Waals surface area (Å²) in [5.41, 5.74) is 1.72. The van der Waals surface area contributed by atoms with Crippen LogP contribution >= 0.6 is 0 Å². The number of allylic oxidation sites excluding steroid dienone is 2. The van der Waals surface area contributed by atoms with Gasteiger partial charge in [0, 0.05) is 31.2 Å². The number of carbonyl (C=O) groups is 5. The molecular formula is C32H48N2O10Si. The third-order valence-corrected chi connectivity index (χ3v) is 13.1. The highest BCUT2D eigenvalue weighted by molar-refractivity contribution is 6.74. The monoisotopic (exact) mass is 648 g/mol. The molecule has 4 aliphatic rings. The summed E-state index contributed by atoms with van der Waals surface area (Å²) in [4.78, 5) is 58.2. The van der Waals surface area contributed by atoms with Gasteiger partial charge in [0.05, 0.1) is 26.1 Å². The Morgan fingerprint density at radius 1 is 0.911 bits per heavy atom. The molecule has 0 radical (unpaired) electrons. The van der Waals surface area contributed by atoms with E-state index in [1.54, 1.807) is 0 Å². The molecule has 0 unspecified atom stereocenters. The van der Waals surface area contributed by atoms with Crippen LogP contribution in [0.25, 0.3) is 0 Å². The smallest absolute Gasteiger partial charge is 0.300 e. The molecule has 0 aromatic rings. The van der Waals surface area contributed by atoms with E-state index in [1.807, 2.05) is 13.8 Å². The molecule has 0 aromatic carbocycles. The fraction of sp³-hybridized carbons (Fsp3) is 0.594. The highest BCUT2D eigenvalue weighted by Gasteiger charge is 2.44. The first-order valence-electron chi connectivity index (χ1n) is 14.9. The van der Waals surface area contributed by atoms with Crippen LogP contribution in [-0.2, 0) is 37.9 Å². The van der Waals surface area contributed by atoms with Gasteiger partial charge in [0.1, 0.15) is 24.7 Å². The zero-order valence-electron chi connectivity index (χ0n) is 27.6. The summed E-state index contributed by atoms with van der Waals surface area (Å²) in [7, 11) is -1.87. The number of ketones is 2. The number of aliphatic carboxylic acids is 1. The van der Waals surface area contributed by atoms with Crippen LogP contribution in [0.1, 0.15) is 54.4 Å². The van der Waals surface area contributed by atoms with Crippen molar-refractivity contribution in [2.24, 2.45) is 11.8 Å². The minimum atomic E-state index is -1.87. The summed E-state index contributed by atoms with van der Waals surface area (Å²) in [6.07, 6.45) is 4.00. The summed E-state index contributed by atoms with van der Waals surface area (Å²) in [5, 5.41) is 16.7. The van der Waals surface area contributed by atoms with Gasteiger partial charge in [-0.2, -0.15) is 0 Å². The Balaban J connectivity index is 0.000000292. The van der Waals surface area contributed by atoms with Crippen LogP contribution in [0.2, 0.25) is 18.1 Å². The molecule has 2 fully saturated rings. The second-order valence-corrected chi connectivity index (χ2v) is 17.9. The summed E-state index contributed by atoms with van der Waals surface area (Å²) < 4.78 is 17.9. The number of aliphatic hydroxyl groups is 1. The molecule has 4 aliphatic heterocycles. The van der Waals surface area contributed by atoms with Crippen molar-refractivity contribution in [2.75, 3.05) is 13.2 Å². The lowest BCUT2D eigenvalue weighted by atomic mass is 9.99. The first kappa shape index (κ1) is 38.0. The summed E-state index contributed by atoms with van der Waals surface area (Å²) in [6.45, 7) is 24.3. The van der Waals surface area contributed by atoms with Crippen molar-refractivity contribution in [3.8, 4) is 0 Å². The molecule has 0 spiro atoms. The van der Waals surface area contributed by atoms with E-state index in [0.29, 0.717) is 6.61 Å². The molecule has 4 heterocycles. The highest BCUT2D eigenvalue weighted by atomic mass is 28.4. The van der Waals surface area contributed by atoms with Gasteiger partial charge in [-0.25, -0.2) is 0 Å². The molecule has 0 bridgehead atoms. The van der Waals surface area contributed by atoms with Gasteiger partial charge >= 0.3 is 0 Å². The van der Waals surface area contributed by atoms with Crippen molar-refractivity contribution in [1.29, 1.82) is 0 Å². The van der Waals surface area contributed by atoms with Crippen molar-refractivity contribution < 1.29 is 48.1 Å². The molecule has 250 valence electrons. The number of carboxylic acids is 1. The normalized spacial score (nSPS) is 28.6.